The molecule has 0 unspecified atom stereocenters. The topological polar surface area (TPSA) is 9.23 Å². The molecule has 0 spiro atoms. The Morgan fingerprint density at radius 1 is 0.552 bits per heavy atom. The molecule has 4 aromatic rings. The van der Waals surface area contributed by atoms with Gasteiger partial charge < -0.3 is 4.74 Å². The summed E-state index contributed by atoms with van der Waals surface area (Å²) in [5.74, 6) is 0.876. The van der Waals surface area contributed by atoms with E-state index >= 15 is 0 Å². The van der Waals surface area contributed by atoms with Crippen molar-refractivity contribution in [3.63, 3.8) is 0 Å². The Bertz CT molecular complexity index is 1200. The summed E-state index contributed by atoms with van der Waals surface area (Å²) in [5, 5.41) is 0. The molecule has 0 heterocycles. The molecule has 1 aliphatic carbocycles. The zero-order valence-corrected chi connectivity index (χ0v) is 17.1. The van der Waals surface area contributed by atoms with Gasteiger partial charge in [0.1, 0.15) is 5.75 Å². The average Bonchev–Trinajstić information content (AvgIpc) is 3.01. The van der Waals surface area contributed by atoms with E-state index < -0.39 is 0 Å². The molecule has 1 heteroatoms. The number of fused-ring (bicyclic) bond motifs is 3. The zero-order chi connectivity index (χ0) is 20.0. The Hall–Kier alpha value is -3.32. The highest BCUT2D eigenvalue weighted by molar-refractivity contribution is 5.88. The van der Waals surface area contributed by atoms with Crippen LogP contribution in [0.25, 0.3) is 33.4 Å². The summed E-state index contributed by atoms with van der Waals surface area (Å²) in [7, 11) is 1.72. The van der Waals surface area contributed by atoms with Crippen LogP contribution in [0.1, 0.15) is 25.0 Å². The zero-order valence-electron chi connectivity index (χ0n) is 17.1. The Labute approximate surface area is 172 Å². The second-order valence-electron chi connectivity index (χ2n) is 8.21. The van der Waals surface area contributed by atoms with Gasteiger partial charge in [-0.3, -0.25) is 0 Å². The highest BCUT2D eigenvalue weighted by Gasteiger charge is 2.35. The molecule has 0 N–H and O–H groups in total. The van der Waals surface area contributed by atoms with Crippen LogP contribution < -0.4 is 4.74 Å². The highest BCUT2D eigenvalue weighted by Crippen LogP contribution is 2.50. The quantitative estimate of drug-likeness (QED) is 0.363. The molecule has 0 aromatic heterocycles. The molecule has 0 bridgehead atoms. The van der Waals surface area contributed by atoms with Crippen LogP contribution in [0.3, 0.4) is 0 Å². The summed E-state index contributed by atoms with van der Waals surface area (Å²) in [6.07, 6.45) is 0. The predicted octanol–water partition coefficient (Wildman–Crippen LogP) is 7.34. The third kappa shape index (κ3) is 2.77. The van der Waals surface area contributed by atoms with Crippen molar-refractivity contribution in [1.82, 2.24) is 0 Å². The minimum atomic E-state index is 0.00131. The van der Waals surface area contributed by atoms with Gasteiger partial charge in [-0.2, -0.15) is 0 Å². The molecule has 29 heavy (non-hydrogen) atoms. The number of hydrogen-bond acceptors (Lipinski definition) is 1. The molecule has 0 radical (unpaired) electrons. The SMILES string of the molecule is COc1ccc(-c2ccc3c(c2)C(C)(C)c2ccccc2-3)c(-c2ccccc2)c1. The van der Waals surface area contributed by atoms with E-state index in [4.69, 9.17) is 4.74 Å². The average molecular weight is 376 g/mol. The summed E-state index contributed by atoms with van der Waals surface area (Å²) < 4.78 is 5.52. The van der Waals surface area contributed by atoms with Crippen LogP contribution in [0.2, 0.25) is 0 Å². The Balaban J connectivity index is 1.71. The maximum Gasteiger partial charge on any atom is 0.119 e. The van der Waals surface area contributed by atoms with Crippen molar-refractivity contribution in [2.75, 3.05) is 7.11 Å². The van der Waals surface area contributed by atoms with Gasteiger partial charge in [-0.05, 0) is 62.7 Å². The van der Waals surface area contributed by atoms with Gasteiger partial charge in [-0.1, -0.05) is 86.6 Å². The van der Waals surface area contributed by atoms with Gasteiger partial charge in [0.25, 0.3) is 0 Å². The summed E-state index contributed by atoms with van der Waals surface area (Å²) in [6.45, 7) is 4.65. The molecular weight excluding hydrogens is 352 g/mol. The largest absolute Gasteiger partial charge is 0.497 e. The number of ether oxygens (including phenoxy) is 1. The smallest absolute Gasteiger partial charge is 0.119 e. The third-order valence-corrected chi connectivity index (χ3v) is 6.21. The Morgan fingerprint density at radius 2 is 1.24 bits per heavy atom. The number of methoxy groups -OCH3 is 1. The predicted molar refractivity (Wildman–Crippen MR) is 121 cm³/mol. The van der Waals surface area contributed by atoms with E-state index in [9.17, 15) is 0 Å². The fraction of sp³-hybridized carbons (Fsp3) is 0.143. The molecule has 0 amide bonds. The maximum atomic E-state index is 5.52. The molecular formula is C28H24O. The summed E-state index contributed by atoms with van der Waals surface area (Å²) >= 11 is 0. The van der Waals surface area contributed by atoms with Crippen molar-refractivity contribution in [2.45, 2.75) is 19.3 Å². The van der Waals surface area contributed by atoms with Crippen molar-refractivity contribution in [3.05, 3.63) is 102 Å². The van der Waals surface area contributed by atoms with Gasteiger partial charge in [0, 0.05) is 5.41 Å². The molecule has 0 saturated carbocycles. The van der Waals surface area contributed by atoms with Crippen LogP contribution in [-0.4, -0.2) is 7.11 Å². The molecule has 1 aliphatic rings. The summed E-state index contributed by atoms with van der Waals surface area (Å²) in [4.78, 5) is 0. The Morgan fingerprint density at radius 3 is 2.03 bits per heavy atom. The van der Waals surface area contributed by atoms with Crippen molar-refractivity contribution >= 4 is 0 Å². The molecule has 142 valence electrons. The van der Waals surface area contributed by atoms with Crippen LogP contribution in [0.5, 0.6) is 5.75 Å². The number of hydrogen-bond donors (Lipinski definition) is 0. The van der Waals surface area contributed by atoms with E-state index in [-0.39, 0.29) is 5.41 Å². The third-order valence-electron chi connectivity index (χ3n) is 6.21. The lowest BCUT2D eigenvalue weighted by Gasteiger charge is -2.22. The Kier molecular flexibility index (Phi) is 4.06. The molecule has 4 aromatic carbocycles. The highest BCUT2D eigenvalue weighted by atomic mass is 16.5. The second kappa shape index (κ2) is 6.63. The first-order valence-electron chi connectivity index (χ1n) is 10.1. The maximum absolute atomic E-state index is 5.52. The van der Waals surface area contributed by atoms with Crippen LogP contribution in [0, 0.1) is 0 Å². The monoisotopic (exact) mass is 376 g/mol. The van der Waals surface area contributed by atoms with Crippen molar-refractivity contribution in [1.29, 1.82) is 0 Å². The van der Waals surface area contributed by atoms with Crippen LogP contribution in [-0.2, 0) is 5.41 Å². The number of rotatable bonds is 3. The first kappa shape index (κ1) is 17.8. The van der Waals surface area contributed by atoms with Crippen LogP contribution in [0.15, 0.2) is 91.0 Å². The van der Waals surface area contributed by atoms with E-state index in [1.165, 1.54) is 44.5 Å². The second-order valence-corrected chi connectivity index (χ2v) is 8.21. The van der Waals surface area contributed by atoms with Crippen LogP contribution in [0.4, 0.5) is 0 Å². The summed E-state index contributed by atoms with van der Waals surface area (Å²) in [5.41, 5.74) is 10.4. The first-order chi connectivity index (χ1) is 14.1. The van der Waals surface area contributed by atoms with E-state index in [2.05, 4.69) is 105 Å². The van der Waals surface area contributed by atoms with E-state index in [1.807, 2.05) is 0 Å². The molecule has 0 atom stereocenters. The molecule has 0 aliphatic heterocycles. The molecule has 0 fully saturated rings. The van der Waals surface area contributed by atoms with E-state index in [0.29, 0.717) is 0 Å². The first-order valence-corrected chi connectivity index (χ1v) is 10.1. The van der Waals surface area contributed by atoms with E-state index in [0.717, 1.165) is 5.75 Å². The van der Waals surface area contributed by atoms with Crippen LogP contribution >= 0.6 is 0 Å². The normalized spacial score (nSPS) is 13.6. The van der Waals surface area contributed by atoms with Gasteiger partial charge >= 0.3 is 0 Å². The van der Waals surface area contributed by atoms with Crippen molar-refractivity contribution in [2.24, 2.45) is 0 Å². The molecule has 0 saturated heterocycles. The molecule has 1 nitrogen and oxygen atoms in total. The fourth-order valence-corrected chi connectivity index (χ4v) is 4.63. The standard InChI is InChI=1S/C28H24O/c1-28(2)26-12-8-7-11-23(26)24-15-13-20(17-27(24)28)22-16-14-21(29-3)18-25(22)19-9-5-4-6-10-19/h4-18H,1-3H3. The fourth-order valence-electron chi connectivity index (χ4n) is 4.63. The van der Waals surface area contributed by atoms with Crippen molar-refractivity contribution in [3.8, 4) is 39.1 Å². The number of benzene rings is 4. The van der Waals surface area contributed by atoms with E-state index in [1.54, 1.807) is 7.11 Å². The van der Waals surface area contributed by atoms with Gasteiger partial charge in [-0.25, -0.2) is 0 Å². The minimum Gasteiger partial charge on any atom is -0.497 e. The van der Waals surface area contributed by atoms with Gasteiger partial charge in [-0.15, -0.1) is 0 Å². The van der Waals surface area contributed by atoms with Gasteiger partial charge in [0.15, 0.2) is 0 Å². The van der Waals surface area contributed by atoms with Gasteiger partial charge in [0.05, 0.1) is 7.11 Å². The van der Waals surface area contributed by atoms with Gasteiger partial charge in [0.2, 0.25) is 0 Å². The van der Waals surface area contributed by atoms with Crippen molar-refractivity contribution < 1.29 is 4.74 Å². The molecule has 5 rings (SSSR count). The lowest BCUT2D eigenvalue weighted by atomic mass is 9.81. The summed E-state index contributed by atoms with van der Waals surface area (Å²) in [6, 6.07) is 32.6. The minimum absolute atomic E-state index is 0.00131. The lowest BCUT2D eigenvalue weighted by Crippen LogP contribution is -2.14. The lowest BCUT2D eigenvalue weighted by molar-refractivity contribution is 0.415.